The summed E-state index contributed by atoms with van der Waals surface area (Å²) in [7, 11) is 0. The largest absolute Gasteiger partial charge is 0.309 e. The first-order valence-corrected chi connectivity index (χ1v) is 17.4. The summed E-state index contributed by atoms with van der Waals surface area (Å²) in [6, 6.07) is 68.7. The molecule has 0 aliphatic heterocycles. The Morgan fingerprint density at radius 2 is 0.940 bits per heavy atom. The number of benzene rings is 8. The molecule has 50 heavy (non-hydrogen) atoms. The molecule has 0 atom stereocenters. The molecular weight excluding hydrogens is 603 g/mol. The predicted molar refractivity (Wildman–Crippen MR) is 213 cm³/mol. The van der Waals surface area contributed by atoms with Crippen LogP contribution in [0, 0.1) is 0 Å². The highest BCUT2D eigenvalue weighted by atomic mass is 15.1. The summed E-state index contributed by atoms with van der Waals surface area (Å²) in [6.45, 7) is 4.76. The van der Waals surface area contributed by atoms with Gasteiger partial charge in [0, 0.05) is 16.7 Å². The molecule has 0 bridgehead atoms. The fourth-order valence-electron chi connectivity index (χ4n) is 8.08. The van der Waals surface area contributed by atoms with Gasteiger partial charge >= 0.3 is 0 Å². The average molecular weight is 640 g/mol. The Bertz CT molecular complexity index is 2490. The maximum Gasteiger partial charge on any atom is 0.0546 e. The lowest BCUT2D eigenvalue weighted by Gasteiger charge is -2.34. The second kappa shape index (κ2) is 12.1. The topological polar surface area (TPSA) is 3.24 Å². The molecule has 0 amide bonds. The van der Waals surface area contributed by atoms with E-state index in [1.54, 1.807) is 0 Å². The van der Waals surface area contributed by atoms with Crippen LogP contribution in [0.4, 0.5) is 17.1 Å². The molecule has 1 nitrogen and oxygen atoms in total. The quantitative estimate of drug-likeness (QED) is 0.175. The van der Waals surface area contributed by atoms with Crippen molar-refractivity contribution in [3.05, 3.63) is 199 Å². The molecule has 0 saturated heterocycles. The molecule has 238 valence electrons. The lowest BCUT2D eigenvalue weighted by atomic mass is 9.81. The Labute approximate surface area is 294 Å². The van der Waals surface area contributed by atoms with Crippen molar-refractivity contribution in [2.75, 3.05) is 4.90 Å². The first kappa shape index (κ1) is 29.9. The van der Waals surface area contributed by atoms with E-state index in [4.69, 9.17) is 0 Å². The van der Waals surface area contributed by atoms with Crippen LogP contribution in [-0.2, 0) is 5.41 Å². The summed E-state index contributed by atoms with van der Waals surface area (Å²) in [5.74, 6) is 0. The van der Waals surface area contributed by atoms with Gasteiger partial charge < -0.3 is 4.90 Å². The molecule has 0 saturated carbocycles. The van der Waals surface area contributed by atoms with Crippen LogP contribution in [-0.4, -0.2) is 0 Å². The van der Waals surface area contributed by atoms with Crippen molar-refractivity contribution in [3.63, 3.8) is 0 Å². The Morgan fingerprint density at radius 3 is 1.70 bits per heavy atom. The molecular formula is C49H37N. The molecule has 8 aromatic carbocycles. The zero-order valence-electron chi connectivity index (χ0n) is 28.3. The number of hydrogen-bond acceptors (Lipinski definition) is 1. The van der Waals surface area contributed by atoms with Gasteiger partial charge in [-0.2, -0.15) is 0 Å². The second-order valence-electron chi connectivity index (χ2n) is 13.7. The van der Waals surface area contributed by atoms with E-state index < -0.39 is 0 Å². The van der Waals surface area contributed by atoms with Crippen molar-refractivity contribution in [3.8, 4) is 44.5 Å². The van der Waals surface area contributed by atoms with Gasteiger partial charge in [-0.05, 0) is 85.1 Å². The Balaban J connectivity index is 1.34. The molecule has 1 aliphatic rings. The fraction of sp³-hybridized carbons (Fsp3) is 0.0612. The highest BCUT2D eigenvalue weighted by Gasteiger charge is 2.39. The molecule has 0 N–H and O–H groups in total. The maximum atomic E-state index is 2.52. The van der Waals surface area contributed by atoms with Crippen LogP contribution < -0.4 is 4.90 Å². The van der Waals surface area contributed by atoms with Crippen molar-refractivity contribution in [1.29, 1.82) is 0 Å². The lowest BCUT2D eigenvalue weighted by molar-refractivity contribution is 0.661. The maximum absolute atomic E-state index is 2.52. The Kier molecular flexibility index (Phi) is 7.21. The normalized spacial score (nSPS) is 12.8. The Hall–Kier alpha value is -6.18. The number of fused-ring (bicyclic) bond motifs is 4. The zero-order chi connectivity index (χ0) is 33.7. The molecule has 0 aromatic heterocycles. The molecule has 0 spiro atoms. The monoisotopic (exact) mass is 639 g/mol. The van der Waals surface area contributed by atoms with Crippen LogP contribution in [0.15, 0.2) is 188 Å². The van der Waals surface area contributed by atoms with Crippen molar-refractivity contribution in [2.45, 2.75) is 19.3 Å². The van der Waals surface area contributed by atoms with Gasteiger partial charge in [0.2, 0.25) is 0 Å². The number of rotatable bonds is 6. The molecule has 0 heterocycles. The van der Waals surface area contributed by atoms with Crippen molar-refractivity contribution >= 4 is 27.8 Å². The minimum absolute atomic E-state index is 0.188. The lowest BCUT2D eigenvalue weighted by Crippen LogP contribution is -2.21. The van der Waals surface area contributed by atoms with Gasteiger partial charge in [0.1, 0.15) is 0 Å². The summed E-state index contributed by atoms with van der Waals surface area (Å²) in [4.78, 5) is 2.52. The Morgan fingerprint density at radius 1 is 0.380 bits per heavy atom. The summed E-state index contributed by atoms with van der Waals surface area (Å²) in [5, 5.41) is 2.45. The molecule has 0 fully saturated rings. The summed E-state index contributed by atoms with van der Waals surface area (Å²) in [6.07, 6.45) is 0. The number of nitrogens with zero attached hydrogens (tertiary/aromatic N) is 1. The third kappa shape index (κ3) is 4.94. The number of hydrogen-bond donors (Lipinski definition) is 0. The van der Waals surface area contributed by atoms with E-state index in [0.717, 1.165) is 11.4 Å². The molecule has 9 rings (SSSR count). The van der Waals surface area contributed by atoms with Crippen LogP contribution in [0.3, 0.4) is 0 Å². The van der Waals surface area contributed by atoms with Gasteiger partial charge in [-0.15, -0.1) is 0 Å². The predicted octanol–water partition coefficient (Wildman–Crippen LogP) is 13.6. The van der Waals surface area contributed by atoms with Crippen molar-refractivity contribution in [1.82, 2.24) is 0 Å². The SMILES string of the molecule is CC1(C)c2ccccc2-c2cccc(N(c3ccc4ccccc4c3)c3cccc(-c4ccccc4)c3-c3ccc(-c4ccccc4)cc3)c21. The minimum atomic E-state index is -0.188. The van der Waals surface area contributed by atoms with E-state index in [-0.39, 0.29) is 5.41 Å². The van der Waals surface area contributed by atoms with E-state index in [2.05, 4.69) is 207 Å². The number of anilines is 3. The van der Waals surface area contributed by atoms with Crippen LogP contribution in [0.1, 0.15) is 25.0 Å². The van der Waals surface area contributed by atoms with Gasteiger partial charge in [-0.3, -0.25) is 0 Å². The molecule has 1 heteroatoms. The van der Waals surface area contributed by atoms with E-state index in [1.807, 2.05) is 0 Å². The van der Waals surface area contributed by atoms with Gasteiger partial charge in [0.25, 0.3) is 0 Å². The standard InChI is InChI=1S/C49H37N/c1-49(2)44-24-12-11-21-42(44)43-23-14-26-46(48(43)49)50(40-32-31-35-17-9-10-20-39(35)33-40)45-25-13-22-41(37-18-7-4-8-19-37)47(45)38-29-27-36(28-30-38)34-15-5-3-6-16-34/h3-33H,1-2H3. The zero-order valence-corrected chi connectivity index (χ0v) is 28.3. The highest BCUT2D eigenvalue weighted by molar-refractivity contribution is 6.00. The summed E-state index contributed by atoms with van der Waals surface area (Å²) in [5.41, 5.74) is 15.9. The summed E-state index contributed by atoms with van der Waals surface area (Å²) < 4.78 is 0. The van der Waals surface area contributed by atoms with Crippen LogP contribution in [0.2, 0.25) is 0 Å². The van der Waals surface area contributed by atoms with Crippen LogP contribution in [0.5, 0.6) is 0 Å². The van der Waals surface area contributed by atoms with Gasteiger partial charge in [-0.1, -0.05) is 178 Å². The molecule has 1 aliphatic carbocycles. The molecule has 0 unspecified atom stereocenters. The third-order valence-electron chi connectivity index (χ3n) is 10.4. The van der Waals surface area contributed by atoms with E-state index in [1.165, 1.54) is 72.1 Å². The first-order chi connectivity index (χ1) is 24.6. The van der Waals surface area contributed by atoms with Crippen LogP contribution in [0.25, 0.3) is 55.3 Å². The van der Waals surface area contributed by atoms with E-state index in [9.17, 15) is 0 Å². The summed E-state index contributed by atoms with van der Waals surface area (Å²) >= 11 is 0. The van der Waals surface area contributed by atoms with Gasteiger partial charge in [-0.25, -0.2) is 0 Å². The third-order valence-corrected chi connectivity index (χ3v) is 10.4. The van der Waals surface area contributed by atoms with Crippen molar-refractivity contribution < 1.29 is 0 Å². The van der Waals surface area contributed by atoms with E-state index >= 15 is 0 Å². The average Bonchev–Trinajstić information content (AvgIpc) is 3.42. The van der Waals surface area contributed by atoms with Crippen LogP contribution >= 0.6 is 0 Å². The van der Waals surface area contributed by atoms with Crippen molar-refractivity contribution in [2.24, 2.45) is 0 Å². The van der Waals surface area contributed by atoms with E-state index in [0.29, 0.717) is 0 Å². The van der Waals surface area contributed by atoms with Gasteiger partial charge in [0.15, 0.2) is 0 Å². The smallest absolute Gasteiger partial charge is 0.0546 e. The molecule has 8 aromatic rings. The first-order valence-electron chi connectivity index (χ1n) is 17.4. The van der Waals surface area contributed by atoms with Gasteiger partial charge in [0.05, 0.1) is 11.4 Å². The highest BCUT2D eigenvalue weighted by Crippen LogP contribution is 2.55. The second-order valence-corrected chi connectivity index (χ2v) is 13.7. The fourth-order valence-corrected chi connectivity index (χ4v) is 8.08. The molecule has 0 radical (unpaired) electrons. The minimum Gasteiger partial charge on any atom is -0.309 e.